The van der Waals surface area contributed by atoms with Crippen molar-refractivity contribution in [3.8, 4) is 0 Å². The number of sulfonamides is 1. The molecule has 1 aromatic rings. The highest BCUT2D eigenvalue weighted by Crippen LogP contribution is 2.27. The Labute approximate surface area is 173 Å². The summed E-state index contributed by atoms with van der Waals surface area (Å²) < 4.78 is 25.4. The Hall–Kier alpha value is -1.93. The maximum atomic E-state index is 12.9. The quantitative estimate of drug-likeness (QED) is 0.673. The van der Waals surface area contributed by atoms with Crippen LogP contribution in [0.4, 0.5) is 5.69 Å². The molecular formula is C21H31N3O4S. The molecule has 0 spiro atoms. The summed E-state index contributed by atoms with van der Waals surface area (Å²) in [7, 11) is -3.22. The molecule has 0 aromatic heterocycles. The molecule has 2 saturated heterocycles. The highest BCUT2D eigenvalue weighted by molar-refractivity contribution is 7.89. The molecule has 2 heterocycles. The first-order chi connectivity index (χ1) is 13.9. The van der Waals surface area contributed by atoms with E-state index in [1.54, 1.807) is 16.7 Å². The molecule has 8 heteroatoms. The van der Waals surface area contributed by atoms with E-state index in [0.29, 0.717) is 32.7 Å². The fourth-order valence-electron chi connectivity index (χ4n) is 3.97. The average Bonchev–Trinajstić information content (AvgIpc) is 3.13. The van der Waals surface area contributed by atoms with Crippen molar-refractivity contribution in [2.45, 2.75) is 39.5 Å². The summed E-state index contributed by atoms with van der Waals surface area (Å²) in [5.74, 6) is -0.369. The number of hydrogen-bond donors (Lipinski definition) is 0. The number of anilines is 1. The molecule has 1 unspecified atom stereocenters. The summed E-state index contributed by atoms with van der Waals surface area (Å²) in [6, 6.07) is 8.04. The van der Waals surface area contributed by atoms with Crippen molar-refractivity contribution in [3.63, 3.8) is 0 Å². The maximum absolute atomic E-state index is 12.9. The predicted octanol–water partition coefficient (Wildman–Crippen LogP) is 1.88. The third-order valence-corrected chi connectivity index (χ3v) is 7.73. The minimum absolute atomic E-state index is 0.0307. The number of nitrogens with zero attached hydrogens (tertiary/aromatic N) is 3. The van der Waals surface area contributed by atoms with Crippen LogP contribution in [0, 0.1) is 5.92 Å². The first kappa shape index (κ1) is 21.8. The van der Waals surface area contributed by atoms with Crippen molar-refractivity contribution >= 4 is 27.5 Å². The minimum Gasteiger partial charge on any atom is -0.340 e. The molecule has 2 amide bonds. The Morgan fingerprint density at radius 3 is 2.31 bits per heavy atom. The molecule has 0 aliphatic carbocycles. The van der Waals surface area contributed by atoms with Gasteiger partial charge in [-0.15, -0.1) is 0 Å². The van der Waals surface area contributed by atoms with E-state index in [2.05, 4.69) is 19.1 Å². The largest absolute Gasteiger partial charge is 0.340 e. The molecule has 0 N–H and O–H groups in total. The first-order valence-corrected chi connectivity index (χ1v) is 12.1. The van der Waals surface area contributed by atoms with E-state index in [-0.39, 0.29) is 29.9 Å². The molecule has 0 saturated carbocycles. The zero-order chi connectivity index (χ0) is 21.0. The second kappa shape index (κ2) is 9.26. The molecule has 7 nitrogen and oxygen atoms in total. The topological polar surface area (TPSA) is 78.0 Å². The molecular weight excluding hydrogens is 390 g/mol. The van der Waals surface area contributed by atoms with Crippen molar-refractivity contribution in [2.24, 2.45) is 5.92 Å². The van der Waals surface area contributed by atoms with Crippen molar-refractivity contribution in [1.29, 1.82) is 0 Å². The minimum atomic E-state index is -3.22. The second-order valence-electron chi connectivity index (χ2n) is 7.80. The van der Waals surface area contributed by atoms with Crippen molar-refractivity contribution in [1.82, 2.24) is 9.21 Å². The van der Waals surface area contributed by atoms with Crippen LogP contribution in [0.3, 0.4) is 0 Å². The van der Waals surface area contributed by atoms with Crippen LogP contribution in [-0.2, 0) is 26.0 Å². The Kier molecular flexibility index (Phi) is 6.95. The molecule has 2 fully saturated rings. The second-order valence-corrected chi connectivity index (χ2v) is 10.1. The van der Waals surface area contributed by atoms with E-state index in [4.69, 9.17) is 0 Å². The van der Waals surface area contributed by atoms with Gasteiger partial charge in [-0.25, -0.2) is 8.42 Å². The van der Waals surface area contributed by atoms with E-state index >= 15 is 0 Å². The lowest BCUT2D eigenvalue weighted by Gasteiger charge is -2.35. The number of benzene rings is 1. The predicted molar refractivity (Wildman–Crippen MR) is 113 cm³/mol. The van der Waals surface area contributed by atoms with E-state index in [1.807, 2.05) is 12.1 Å². The summed E-state index contributed by atoms with van der Waals surface area (Å²) in [6.07, 6.45) is 3.54. The normalized spacial score (nSPS) is 21.0. The van der Waals surface area contributed by atoms with Crippen molar-refractivity contribution < 1.29 is 18.0 Å². The molecule has 2 aliphatic rings. The van der Waals surface area contributed by atoms with Crippen LogP contribution in [0.5, 0.6) is 0 Å². The van der Waals surface area contributed by atoms with E-state index in [9.17, 15) is 18.0 Å². The van der Waals surface area contributed by atoms with Gasteiger partial charge in [0.15, 0.2) is 0 Å². The summed E-state index contributed by atoms with van der Waals surface area (Å²) in [5.41, 5.74) is 2.10. The molecule has 29 heavy (non-hydrogen) atoms. The zero-order valence-electron chi connectivity index (χ0n) is 17.3. The Morgan fingerprint density at radius 2 is 1.72 bits per heavy atom. The van der Waals surface area contributed by atoms with Crippen molar-refractivity contribution in [2.75, 3.05) is 43.4 Å². The van der Waals surface area contributed by atoms with Gasteiger partial charge in [0.2, 0.25) is 21.8 Å². The van der Waals surface area contributed by atoms with Crippen LogP contribution < -0.4 is 4.90 Å². The number of aryl methyl sites for hydroxylation is 1. The molecule has 1 aromatic carbocycles. The Morgan fingerprint density at radius 1 is 1.07 bits per heavy atom. The summed E-state index contributed by atoms with van der Waals surface area (Å²) >= 11 is 0. The van der Waals surface area contributed by atoms with E-state index < -0.39 is 10.0 Å². The van der Waals surface area contributed by atoms with Gasteiger partial charge in [0.1, 0.15) is 0 Å². The van der Waals surface area contributed by atoms with Gasteiger partial charge in [-0.2, -0.15) is 4.31 Å². The van der Waals surface area contributed by atoms with E-state index in [1.165, 1.54) is 9.87 Å². The average molecular weight is 422 g/mol. The summed E-state index contributed by atoms with van der Waals surface area (Å²) in [6.45, 7) is 5.60. The SMILES string of the molecule is CCCCc1ccc(N2CC(C(=O)N3CCN(S(=O)(=O)CC)CC3)CC2=O)cc1. The van der Waals surface area contributed by atoms with E-state index in [0.717, 1.165) is 24.9 Å². The lowest BCUT2D eigenvalue weighted by Crippen LogP contribution is -2.52. The van der Waals surface area contributed by atoms with Crippen LogP contribution in [0.2, 0.25) is 0 Å². The number of unbranched alkanes of at least 4 members (excludes halogenated alkanes) is 1. The molecule has 2 aliphatic heterocycles. The summed E-state index contributed by atoms with van der Waals surface area (Å²) in [4.78, 5) is 28.8. The number of amides is 2. The smallest absolute Gasteiger partial charge is 0.228 e. The lowest BCUT2D eigenvalue weighted by molar-refractivity contribution is -0.136. The van der Waals surface area contributed by atoms with Crippen LogP contribution in [0.25, 0.3) is 0 Å². The van der Waals surface area contributed by atoms with Crippen LogP contribution in [0.1, 0.15) is 38.7 Å². The zero-order valence-corrected chi connectivity index (χ0v) is 18.2. The monoisotopic (exact) mass is 421 g/mol. The first-order valence-electron chi connectivity index (χ1n) is 10.5. The fourth-order valence-corrected chi connectivity index (χ4v) is 5.06. The van der Waals surface area contributed by atoms with Gasteiger partial charge in [0.25, 0.3) is 0 Å². The van der Waals surface area contributed by atoms with Crippen LogP contribution in [0.15, 0.2) is 24.3 Å². The number of carbonyl (C=O) groups is 2. The van der Waals surface area contributed by atoms with Crippen LogP contribution >= 0.6 is 0 Å². The van der Waals surface area contributed by atoms with Gasteiger partial charge in [0, 0.05) is 44.8 Å². The number of carbonyl (C=O) groups excluding carboxylic acids is 2. The lowest BCUT2D eigenvalue weighted by atomic mass is 10.1. The molecule has 160 valence electrons. The molecule has 0 bridgehead atoms. The van der Waals surface area contributed by atoms with Gasteiger partial charge in [-0.05, 0) is 37.5 Å². The Balaban J connectivity index is 1.58. The maximum Gasteiger partial charge on any atom is 0.228 e. The third kappa shape index (κ3) is 4.98. The van der Waals surface area contributed by atoms with Gasteiger partial charge in [-0.3, -0.25) is 9.59 Å². The Bertz CT molecular complexity index is 830. The standard InChI is InChI=1S/C21H31N3O4S/c1-3-5-6-17-7-9-19(10-8-17)24-16-18(15-20(24)25)21(26)22-11-13-23(14-12-22)29(27,28)4-2/h7-10,18H,3-6,11-16H2,1-2H3. The highest BCUT2D eigenvalue weighted by atomic mass is 32.2. The summed E-state index contributed by atoms with van der Waals surface area (Å²) in [5, 5.41) is 0. The third-order valence-electron chi connectivity index (χ3n) is 5.85. The number of piperazine rings is 1. The molecule has 1 atom stereocenters. The van der Waals surface area contributed by atoms with Gasteiger partial charge >= 0.3 is 0 Å². The van der Waals surface area contributed by atoms with Gasteiger partial charge in [-0.1, -0.05) is 25.5 Å². The highest BCUT2D eigenvalue weighted by Gasteiger charge is 2.38. The van der Waals surface area contributed by atoms with Gasteiger partial charge < -0.3 is 9.80 Å². The van der Waals surface area contributed by atoms with Crippen LogP contribution in [-0.4, -0.2) is 67.9 Å². The van der Waals surface area contributed by atoms with Crippen molar-refractivity contribution in [3.05, 3.63) is 29.8 Å². The number of rotatable bonds is 7. The fraction of sp³-hybridized carbons (Fsp3) is 0.619. The molecule has 0 radical (unpaired) electrons. The van der Waals surface area contributed by atoms with Gasteiger partial charge in [0.05, 0.1) is 11.7 Å². The number of hydrogen-bond acceptors (Lipinski definition) is 4. The molecule has 3 rings (SSSR count).